The molecule has 2 aromatic carbocycles. The summed E-state index contributed by atoms with van der Waals surface area (Å²) in [5, 5.41) is 3.16. The summed E-state index contributed by atoms with van der Waals surface area (Å²) in [5.74, 6) is 0.950. The quantitative estimate of drug-likeness (QED) is 0.739. The molecular weight excluding hydrogens is 338 g/mol. The van der Waals surface area contributed by atoms with Crippen molar-refractivity contribution in [2.24, 2.45) is 0 Å². The number of rotatable bonds is 4. The van der Waals surface area contributed by atoms with E-state index < -0.39 is 11.2 Å². The van der Waals surface area contributed by atoms with E-state index in [1.807, 2.05) is 0 Å². The Kier molecular flexibility index (Phi) is 3.92. The minimum Gasteiger partial charge on any atom is -0.454 e. The second-order valence-corrected chi connectivity index (χ2v) is 5.79. The SMILES string of the molecule is O=C(CCn1c(=O)[nH]c(=O)c2ccccc21)Nc1ccc2c(c1)OCO2. The number of H-pyrrole nitrogens is 1. The molecule has 1 amide bonds. The van der Waals surface area contributed by atoms with Crippen molar-refractivity contribution in [3.8, 4) is 11.5 Å². The van der Waals surface area contributed by atoms with Crippen LogP contribution in [0.2, 0.25) is 0 Å². The summed E-state index contributed by atoms with van der Waals surface area (Å²) in [5.41, 5.74) is 0.103. The first-order chi connectivity index (χ1) is 12.6. The van der Waals surface area contributed by atoms with Gasteiger partial charge in [-0.3, -0.25) is 19.1 Å². The lowest BCUT2D eigenvalue weighted by Crippen LogP contribution is -2.31. The van der Waals surface area contributed by atoms with Crippen molar-refractivity contribution in [2.75, 3.05) is 12.1 Å². The fourth-order valence-corrected chi connectivity index (χ4v) is 2.88. The maximum absolute atomic E-state index is 12.2. The first-order valence-electron chi connectivity index (χ1n) is 8.03. The van der Waals surface area contributed by atoms with Crippen molar-refractivity contribution in [1.29, 1.82) is 0 Å². The smallest absolute Gasteiger partial charge is 0.328 e. The zero-order valence-corrected chi connectivity index (χ0v) is 13.7. The molecule has 2 heterocycles. The average molecular weight is 353 g/mol. The Morgan fingerprint density at radius 1 is 1.12 bits per heavy atom. The Bertz CT molecular complexity index is 1120. The number of nitrogens with one attached hydrogen (secondary N) is 2. The number of fused-ring (bicyclic) bond motifs is 2. The molecule has 0 aliphatic carbocycles. The van der Waals surface area contributed by atoms with E-state index in [0.717, 1.165) is 0 Å². The number of aromatic amines is 1. The van der Waals surface area contributed by atoms with E-state index >= 15 is 0 Å². The molecule has 2 N–H and O–H groups in total. The highest BCUT2D eigenvalue weighted by Crippen LogP contribution is 2.34. The summed E-state index contributed by atoms with van der Waals surface area (Å²) in [6, 6.07) is 11.9. The molecule has 3 aromatic rings. The van der Waals surface area contributed by atoms with Crippen LogP contribution >= 0.6 is 0 Å². The summed E-state index contributed by atoms with van der Waals surface area (Å²) < 4.78 is 11.9. The Morgan fingerprint density at radius 2 is 1.92 bits per heavy atom. The van der Waals surface area contributed by atoms with E-state index in [1.165, 1.54) is 4.57 Å². The van der Waals surface area contributed by atoms with Gasteiger partial charge in [-0.05, 0) is 24.3 Å². The molecule has 0 spiro atoms. The topological polar surface area (TPSA) is 102 Å². The zero-order chi connectivity index (χ0) is 18.1. The third-order valence-electron chi connectivity index (χ3n) is 4.12. The van der Waals surface area contributed by atoms with Crippen molar-refractivity contribution in [3.63, 3.8) is 0 Å². The number of nitrogens with zero attached hydrogens (tertiary/aromatic N) is 1. The first kappa shape index (κ1) is 15.9. The number of anilines is 1. The van der Waals surface area contributed by atoms with Gasteiger partial charge in [0.1, 0.15) is 0 Å². The molecule has 1 aromatic heterocycles. The molecule has 8 nitrogen and oxygen atoms in total. The number of hydrogen-bond acceptors (Lipinski definition) is 5. The van der Waals surface area contributed by atoms with Gasteiger partial charge in [0.15, 0.2) is 11.5 Å². The summed E-state index contributed by atoms with van der Waals surface area (Å²) in [7, 11) is 0. The number of hydrogen-bond donors (Lipinski definition) is 2. The summed E-state index contributed by atoms with van der Waals surface area (Å²) in [6.07, 6.45) is 0.0738. The molecule has 0 radical (unpaired) electrons. The van der Waals surface area contributed by atoms with Crippen LogP contribution in [0.5, 0.6) is 11.5 Å². The number of para-hydroxylation sites is 1. The van der Waals surface area contributed by atoms with E-state index in [2.05, 4.69) is 10.3 Å². The zero-order valence-electron chi connectivity index (χ0n) is 13.7. The van der Waals surface area contributed by atoms with Gasteiger partial charge in [0, 0.05) is 24.7 Å². The lowest BCUT2D eigenvalue weighted by molar-refractivity contribution is -0.116. The average Bonchev–Trinajstić information content (AvgIpc) is 3.09. The Labute approximate surface area is 147 Å². The highest BCUT2D eigenvalue weighted by Gasteiger charge is 2.14. The van der Waals surface area contributed by atoms with Crippen molar-refractivity contribution in [3.05, 3.63) is 63.3 Å². The monoisotopic (exact) mass is 353 g/mol. The lowest BCUT2D eigenvalue weighted by Gasteiger charge is -2.10. The molecule has 1 aliphatic rings. The van der Waals surface area contributed by atoms with E-state index in [0.29, 0.717) is 28.1 Å². The fraction of sp³-hybridized carbons (Fsp3) is 0.167. The van der Waals surface area contributed by atoms with Crippen molar-refractivity contribution < 1.29 is 14.3 Å². The standard InChI is InChI=1S/C18H15N3O5/c22-16(19-11-5-6-14-15(9-11)26-10-25-14)7-8-21-13-4-2-1-3-12(13)17(23)20-18(21)24/h1-6,9H,7-8,10H2,(H,19,22)(H,20,23,24). The highest BCUT2D eigenvalue weighted by atomic mass is 16.7. The van der Waals surface area contributed by atoms with Gasteiger partial charge in [-0.25, -0.2) is 4.79 Å². The molecule has 0 atom stereocenters. The van der Waals surface area contributed by atoms with E-state index in [4.69, 9.17) is 9.47 Å². The largest absolute Gasteiger partial charge is 0.454 e. The fourth-order valence-electron chi connectivity index (χ4n) is 2.88. The Hall–Kier alpha value is -3.55. The first-order valence-corrected chi connectivity index (χ1v) is 8.03. The second-order valence-electron chi connectivity index (χ2n) is 5.79. The number of amides is 1. The van der Waals surface area contributed by atoms with Crippen LogP contribution in [0.1, 0.15) is 6.42 Å². The minimum absolute atomic E-state index is 0.0738. The number of carbonyl (C=O) groups excluding carboxylic acids is 1. The van der Waals surface area contributed by atoms with Gasteiger partial charge < -0.3 is 14.8 Å². The number of aromatic nitrogens is 2. The molecule has 0 saturated carbocycles. The number of aryl methyl sites for hydroxylation is 1. The maximum atomic E-state index is 12.2. The third-order valence-corrected chi connectivity index (χ3v) is 4.12. The van der Waals surface area contributed by atoms with Gasteiger partial charge in [-0.2, -0.15) is 0 Å². The highest BCUT2D eigenvalue weighted by molar-refractivity contribution is 5.91. The van der Waals surface area contributed by atoms with Crippen LogP contribution < -0.4 is 26.0 Å². The number of benzene rings is 2. The molecule has 8 heteroatoms. The van der Waals surface area contributed by atoms with Crippen LogP contribution in [0.3, 0.4) is 0 Å². The van der Waals surface area contributed by atoms with Crippen molar-refractivity contribution >= 4 is 22.5 Å². The molecule has 4 rings (SSSR count). The van der Waals surface area contributed by atoms with E-state index in [-0.39, 0.29) is 25.7 Å². The Balaban J connectivity index is 1.51. The van der Waals surface area contributed by atoms with Gasteiger partial charge in [-0.1, -0.05) is 12.1 Å². The molecule has 132 valence electrons. The second kappa shape index (κ2) is 6.40. The van der Waals surface area contributed by atoms with Gasteiger partial charge in [0.2, 0.25) is 12.7 Å². The van der Waals surface area contributed by atoms with Gasteiger partial charge >= 0.3 is 5.69 Å². The normalized spacial score (nSPS) is 12.3. The lowest BCUT2D eigenvalue weighted by atomic mass is 10.2. The molecule has 0 unspecified atom stereocenters. The maximum Gasteiger partial charge on any atom is 0.328 e. The summed E-state index contributed by atoms with van der Waals surface area (Å²) in [6.45, 7) is 0.307. The predicted octanol–water partition coefficient (Wildman–Crippen LogP) is 1.45. The molecule has 0 saturated heterocycles. The van der Waals surface area contributed by atoms with Gasteiger partial charge in [0.05, 0.1) is 10.9 Å². The van der Waals surface area contributed by atoms with Gasteiger partial charge in [-0.15, -0.1) is 0 Å². The number of ether oxygens (including phenoxy) is 2. The summed E-state index contributed by atoms with van der Waals surface area (Å²) >= 11 is 0. The molecule has 1 aliphatic heterocycles. The van der Waals surface area contributed by atoms with E-state index in [1.54, 1.807) is 42.5 Å². The third kappa shape index (κ3) is 2.92. The van der Waals surface area contributed by atoms with Crippen LogP contribution in [0.25, 0.3) is 10.9 Å². The van der Waals surface area contributed by atoms with Crippen molar-refractivity contribution in [1.82, 2.24) is 9.55 Å². The summed E-state index contributed by atoms with van der Waals surface area (Å²) in [4.78, 5) is 38.5. The van der Waals surface area contributed by atoms with Crippen LogP contribution in [0.4, 0.5) is 5.69 Å². The van der Waals surface area contributed by atoms with E-state index in [9.17, 15) is 14.4 Å². The van der Waals surface area contributed by atoms with Crippen molar-refractivity contribution in [2.45, 2.75) is 13.0 Å². The van der Waals surface area contributed by atoms with Crippen LogP contribution in [0, 0.1) is 0 Å². The Morgan fingerprint density at radius 3 is 2.81 bits per heavy atom. The predicted molar refractivity (Wildman–Crippen MR) is 94.6 cm³/mol. The van der Waals surface area contributed by atoms with Crippen LogP contribution in [0.15, 0.2) is 52.1 Å². The van der Waals surface area contributed by atoms with Crippen LogP contribution in [-0.4, -0.2) is 22.3 Å². The molecule has 26 heavy (non-hydrogen) atoms. The molecular formula is C18H15N3O5. The van der Waals surface area contributed by atoms with Crippen LogP contribution in [-0.2, 0) is 11.3 Å². The molecule has 0 bridgehead atoms. The number of carbonyl (C=O) groups is 1. The minimum atomic E-state index is -0.537. The molecule has 0 fully saturated rings. The van der Waals surface area contributed by atoms with Gasteiger partial charge in [0.25, 0.3) is 5.56 Å².